The maximum absolute atomic E-state index is 4.21. The summed E-state index contributed by atoms with van der Waals surface area (Å²) in [6.07, 6.45) is 7.85. The summed E-state index contributed by atoms with van der Waals surface area (Å²) in [5.74, 6) is 0. The van der Waals surface area contributed by atoms with E-state index in [4.69, 9.17) is 0 Å². The number of hydrogen-bond acceptors (Lipinski definition) is 3. The summed E-state index contributed by atoms with van der Waals surface area (Å²) in [6.45, 7) is 5.41. The van der Waals surface area contributed by atoms with E-state index in [-0.39, 0.29) is 0 Å². The first-order valence-corrected chi connectivity index (χ1v) is 6.29. The van der Waals surface area contributed by atoms with Crippen molar-refractivity contribution in [3.8, 4) is 0 Å². The minimum atomic E-state index is 0.476. The fourth-order valence-corrected chi connectivity index (χ4v) is 2.20. The number of nitrogens with one attached hydrogen (secondary N) is 2. The molecule has 2 heterocycles. The van der Waals surface area contributed by atoms with Gasteiger partial charge in [0.25, 0.3) is 0 Å². The van der Waals surface area contributed by atoms with Gasteiger partial charge in [0.1, 0.15) is 0 Å². The molecule has 4 nitrogen and oxygen atoms in total. The molecule has 0 amide bonds. The predicted octanol–water partition coefficient (Wildman–Crippen LogP) is 1.00. The Morgan fingerprint density at radius 3 is 3.19 bits per heavy atom. The fraction of sp³-hybridized carbons (Fsp3) is 0.750. The van der Waals surface area contributed by atoms with Gasteiger partial charge in [-0.05, 0) is 32.4 Å². The molecule has 0 radical (unpaired) electrons. The molecular formula is C12H22N4. The molecule has 90 valence electrons. The molecule has 1 aliphatic rings. The lowest BCUT2D eigenvalue weighted by Crippen LogP contribution is -2.45. The highest BCUT2D eigenvalue weighted by Gasteiger charge is 2.13. The highest BCUT2D eigenvalue weighted by molar-refractivity contribution is 4.80. The maximum Gasteiger partial charge on any atom is 0.0559 e. The molecule has 1 fully saturated rings. The van der Waals surface area contributed by atoms with Gasteiger partial charge in [0, 0.05) is 31.0 Å². The van der Waals surface area contributed by atoms with Gasteiger partial charge < -0.3 is 10.6 Å². The van der Waals surface area contributed by atoms with E-state index in [2.05, 4.69) is 22.7 Å². The standard InChI is InChI=1S/C12H22N4/c1-11(10-16-8-4-7-15-16)14-9-12-5-2-3-6-13-12/h4,7-8,11-14H,2-3,5-6,9-10H2,1H3. The Hall–Kier alpha value is -0.870. The molecule has 0 saturated carbocycles. The highest BCUT2D eigenvalue weighted by atomic mass is 15.3. The number of piperidine rings is 1. The molecule has 0 aromatic carbocycles. The zero-order chi connectivity index (χ0) is 11.2. The Bertz CT molecular complexity index is 277. The zero-order valence-electron chi connectivity index (χ0n) is 10.0. The van der Waals surface area contributed by atoms with Crippen LogP contribution in [-0.4, -0.2) is 35.0 Å². The van der Waals surface area contributed by atoms with Crippen LogP contribution in [0.15, 0.2) is 18.5 Å². The van der Waals surface area contributed by atoms with Crippen LogP contribution in [0.25, 0.3) is 0 Å². The first-order valence-electron chi connectivity index (χ1n) is 6.29. The Labute approximate surface area is 97.4 Å². The third-order valence-corrected chi connectivity index (χ3v) is 3.15. The van der Waals surface area contributed by atoms with Crippen LogP contribution in [0.2, 0.25) is 0 Å². The monoisotopic (exact) mass is 222 g/mol. The van der Waals surface area contributed by atoms with Crippen molar-refractivity contribution in [2.45, 2.75) is 44.8 Å². The molecule has 0 bridgehead atoms. The minimum Gasteiger partial charge on any atom is -0.313 e. The largest absolute Gasteiger partial charge is 0.313 e. The molecule has 2 unspecified atom stereocenters. The fourth-order valence-electron chi connectivity index (χ4n) is 2.20. The van der Waals surface area contributed by atoms with Gasteiger partial charge in [-0.25, -0.2) is 0 Å². The summed E-state index contributed by atoms with van der Waals surface area (Å²) in [5.41, 5.74) is 0. The van der Waals surface area contributed by atoms with Crippen molar-refractivity contribution < 1.29 is 0 Å². The van der Waals surface area contributed by atoms with Crippen molar-refractivity contribution in [1.29, 1.82) is 0 Å². The highest BCUT2D eigenvalue weighted by Crippen LogP contribution is 2.06. The van der Waals surface area contributed by atoms with Crippen LogP contribution in [0.4, 0.5) is 0 Å². The number of rotatable bonds is 5. The molecule has 4 heteroatoms. The van der Waals surface area contributed by atoms with Gasteiger partial charge in [0.2, 0.25) is 0 Å². The van der Waals surface area contributed by atoms with Crippen molar-refractivity contribution in [2.24, 2.45) is 0 Å². The first kappa shape index (κ1) is 11.6. The lowest BCUT2D eigenvalue weighted by molar-refractivity contribution is 0.355. The number of aromatic nitrogens is 2. The van der Waals surface area contributed by atoms with Gasteiger partial charge in [0.05, 0.1) is 6.54 Å². The van der Waals surface area contributed by atoms with Crippen molar-refractivity contribution in [3.05, 3.63) is 18.5 Å². The Morgan fingerprint density at radius 2 is 2.50 bits per heavy atom. The van der Waals surface area contributed by atoms with E-state index in [1.165, 1.54) is 25.8 Å². The van der Waals surface area contributed by atoms with Gasteiger partial charge in [-0.15, -0.1) is 0 Å². The van der Waals surface area contributed by atoms with E-state index in [0.717, 1.165) is 13.1 Å². The van der Waals surface area contributed by atoms with Crippen LogP contribution in [0.3, 0.4) is 0 Å². The third kappa shape index (κ3) is 3.61. The van der Waals surface area contributed by atoms with Crippen LogP contribution in [0, 0.1) is 0 Å². The van der Waals surface area contributed by atoms with Crippen molar-refractivity contribution in [1.82, 2.24) is 20.4 Å². The van der Waals surface area contributed by atoms with E-state index in [0.29, 0.717) is 12.1 Å². The Kier molecular flexibility index (Phi) is 4.36. The molecule has 16 heavy (non-hydrogen) atoms. The van der Waals surface area contributed by atoms with E-state index in [1.807, 2.05) is 23.1 Å². The summed E-state index contributed by atoms with van der Waals surface area (Å²) < 4.78 is 1.98. The third-order valence-electron chi connectivity index (χ3n) is 3.15. The molecule has 0 aliphatic carbocycles. The molecule has 2 rings (SSSR count). The predicted molar refractivity (Wildman–Crippen MR) is 65.3 cm³/mol. The second-order valence-electron chi connectivity index (χ2n) is 4.68. The normalized spacial score (nSPS) is 23.2. The lowest BCUT2D eigenvalue weighted by atomic mass is 10.0. The molecular weight excluding hydrogens is 200 g/mol. The van der Waals surface area contributed by atoms with E-state index in [9.17, 15) is 0 Å². The Morgan fingerprint density at radius 1 is 1.56 bits per heavy atom. The quantitative estimate of drug-likeness (QED) is 0.781. The van der Waals surface area contributed by atoms with E-state index in [1.54, 1.807) is 0 Å². The van der Waals surface area contributed by atoms with E-state index < -0.39 is 0 Å². The van der Waals surface area contributed by atoms with Crippen molar-refractivity contribution in [2.75, 3.05) is 13.1 Å². The molecule has 0 spiro atoms. The van der Waals surface area contributed by atoms with Gasteiger partial charge >= 0.3 is 0 Å². The summed E-state index contributed by atoms with van der Waals surface area (Å²) >= 11 is 0. The maximum atomic E-state index is 4.21. The smallest absolute Gasteiger partial charge is 0.0559 e. The second-order valence-corrected chi connectivity index (χ2v) is 4.68. The SMILES string of the molecule is CC(Cn1cccn1)NCC1CCCCN1. The average molecular weight is 222 g/mol. The second kappa shape index (κ2) is 6.01. The van der Waals surface area contributed by atoms with Crippen molar-refractivity contribution in [3.63, 3.8) is 0 Å². The van der Waals surface area contributed by atoms with Crippen LogP contribution in [-0.2, 0) is 6.54 Å². The average Bonchev–Trinajstić information content (AvgIpc) is 2.81. The molecule has 1 saturated heterocycles. The van der Waals surface area contributed by atoms with Crippen LogP contribution >= 0.6 is 0 Å². The summed E-state index contributed by atoms with van der Waals surface area (Å²) in [7, 11) is 0. The molecule has 1 aromatic heterocycles. The van der Waals surface area contributed by atoms with Crippen LogP contribution in [0.1, 0.15) is 26.2 Å². The van der Waals surface area contributed by atoms with Crippen molar-refractivity contribution >= 4 is 0 Å². The minimum absolute atomic E-state index is 0.476. The molecule has 1 aromatic rings. The summed E-state index contributed by atoms with van der Waals surface area (Å²) in [6, 6.07) is 3.10. The van der Waals surface area contributed by atoms with Gasteiger partial charge in [-0.3, -0.25) is 4.68 Å². The topological polar surface area (TPSA) is 41.9 Å². The van der Waals surface area contributed by atoms with Crippen LogP contribution in [0.5, 0.6) is 0 Å². The summed E-state index contributed by atoms with van der Waals surface area (Å²) in [5, 5.41) is 11.3. The van der Waals surface area contributed by atoms with Gasteiger partial charge in [-0.1, -0.05) is 6.42 Å². The molecule has 1 aliphatic heterocycles. The first-order chi connectivity index (χ1) is 7.84. The van der Waals surface area contributed by atoms with Gasteiger partial charge in [-0.2, -0.15) is 5.10 Å². The summed E-state index contributed by atoms with van der Waals surface area (Å²) in [4.78, 5) is 0. The van der Waals surface area contributed by atoms with E-state index >= 15 is 0 Å². The van der Waals surface area contributed by atoms with Crippen LogP contribution < -0.4 is 10.6 Å². The lowest BCUT2D eigenvalue weighted by Gasteiger charge is -2.25. The molecule has 2 N–H and O–H groups in total. The van der Waals surface area contributed by atoms with Gasteiger partial charge in [0.15, 0.2) is 0 Å². The number of nitrogens with zero attached hydrogens (tertiary/aromatic N) is 2. The zero-order valence-corrected chi connectivity index (χ0v) is 10.0. The Balaban J connectivity index is 1.65. The number of hydrogen-bond donors (Lipinski definition) is 2. The molecule has 2 atom stereocenters.